The van der Waals surface area contributed by atoms with Crippen molar-refractivity contribution in [1.29, 1.82) is 0 Å². The lowest BCUT2D eigenvalue weighted by Crippen LogP contribution is -2.35. The van der Waals surface area contributed by atoms with E-state index in [9.17, 15) is 9.90 Å². The zero-order chi connectivity index (χ0) is 14.0. The molecule has 0 atom stereocenters. The highest BCUT2D eigenvalue weighted by Crippen LogP contribution is 2.39. The van der Waals surface area contributed by atoms with Crippen LogP contribution in [0.15, 0.2) is 4.52 Å². The maximum Gasteiger partial charge on any atom is 0.310 e. The standard InChI is InChI=1S/C14H21N3O3/c18-12(19)14(6-2-1-3-7-14)10-11-15-13(16-20-11)17-8-4-5-9-17/h1-10H2,(H,18,19). The molecule has 2 fully saturated rings. The maximum atomic E-state index is 11.6. The van der Waals surface area contributed by atoms with Gasteiger partial charge < -0.3 is 14.5 Å². The molecular weight excluding hydrogens is 258 g/mol. The number of rotatable bonds is 4. The Kier molecular flexibility index (Phi) is 3.63. The SMILES string of the molecule is O=C(O)C1(Cc2nc(N3CCCC3)no2)CCCCC1. The van der Waals surface area contributed by atoms with Gasteiger partial charge in [0.05, 0.1) is 5.41 Å². The molecule has 1 aromatic heterocycles. The van der Waals surface area contributed by atoms with E-state index in [-0.39, 0.29) is 0 Å². The summed E-state index contributed by atoms with van der Waals surface area (Å²) in [6, 6.07) is 0. The van der Waals surface area contributed by atoms with Crippen molar-refractivity contribution in [2.24, 2.45) is 5.41 Å². The number of nitrogens with zero attached hydrogens (tertiary/aromatic N) is 3. The Morgan fingerprint density at radius 3 is 2.55 bits per heavy atom. The first kappa shape index (κ1) is 13.4. The lowest BCUT2D eigenvalue weighted by Gasteiger charge is -2.31. The van der Waals surface area contributed by atoms with Gasteiger partial charge in [0.25, 0.3) is 5.95 Å². The lowest BCUT2D eigenvalue weighted by molar-refractivity contribution is -0.151. The molecule has 110 valence electrons. The first-order valence-electron chi connectivity index (χ1n) is 7.51. The molecule has 6 nitrogen and oxygen atoms in total. The van der Waals surface area contributed by atoms with Gasteiger partial charge in [0.15, 0.2) is 0 Å². The minimum atomic E-state index is -0.724. The van der Waals surface area contributed by atoms with E-state index in [0.29, 0.717) is 31.1 Å². The van der Waals surface area contributed by atoms with E-state index in [1.165, 1.54) is 0 Å². The molecule has 1 N–H and O–H groups in total. The van der Waals surface area contributed by atoms with Crippen molar-refractivity contribution in [2.75, 3.05) is 18.0 Å². The van der Waals surface area contributed by atoms with E-state index < -0.39 is 11.4 Å². The van der Waals surface area contributed by atoms with Crippen LogP contribution in [0, 0.1) is 5.41 Å². The van der Waals surface area contributed by atoms with E-state index in [4.69, 9.17) is 4.52 Å². The van der Waals surface area contributed by atoms with Crippen molar-refractivity contribution in [1.82, 2.24) is 10.1 Å². The van der Waals surface area contributed by atoms with Crippen LogP contribution in [0.4, 0.5) is 5.95 Å². The van der Waals surface area contributed by atoms with Crippen LogP contribution in [0.2, 0.25) is 0 Å². The van der Waals surface area contributed by atoms with Crippen LogP contribution in [0.1, 0.15) is 50.8 Å². The normalized spacial score (nSPS) is 22.1. The molecule has 1 saturated heterocycles. The largest absolute Gasteiger partial charge is 0.481 e. The Bertz CT molecular complexity index is 474. The number of hydrogen-bond donors (Lipinski definition) is 1. The van der Waals surface area contributed by atoms with Gasteiger partial charge in [0.2, 0.25) is 5.89 Å². The van der Waals surface area contributed by atoms with Gasteiger partial charge in [-0.25, -0.2) is 0 Å². The Balaban J connectivity index is 1.73. The number of aliphatic carboxylic acids is 1. The second kappa shape index (κ2) is 5.42. The highest BCUT2D eigenvalue weighted by Gasteiger charge is 2.41. The quantitative estimate of drug-likeness (QED) is 0.910. The van der Waals surface area contributed by atoms with Crippen molar-refractivity contribution < 1.29 is 14.4 Å². The van der Waals surface area contributed by atoms with Gasteiger partial charge in [-0.05, 0) is 30.8 Å². The van der Waals surface area contributed by atoms with Crippen LogP contribution >= 0.6 is 0 Å². The minimum absolute atomic E-state index is 0.364. The predicted octanol–water partition coefficient (Wildman–Crippen LogP) is 2.25. The fourth-order valence-corrected chi connectivity index (χ4v) is 3.35. The Morgan fingerprint density at radius 2 is 1.90 bits per heavy atom. The first-order valence-corrected chi connectivity index (χ1v) is 7.51. The molecule has 20 heavy (non-hydrogen) atoms. The molecule has 0 bridgehead atoms. The molecule has 2 heterocycles. The summed E-state index contributed by atoms with van der Waals surface area (Å²) in [7, 11) is 0. The Labute approximate surface area is 118 Å². The lowest BCUT2D eigenvalue weighted by atomic mass is 9.72. The Hall–Kier alpha value is -1.59. The molecule has 0 spiro atoms. The van der Waals surface area contributed by atoms with E-state index in [1.54, 1.807) is 0 Å². The highest BCUT2D eigenvalue weighted by atomic mass is 16.5. The summed E-state index contributed by atoms with van der Waals surface area (Å²) in [5, 5.41) is 13.6. The van der Waals surface area contributed by atoms with Gasteiger partial charge in [0.1, 0.15) is 0 Å². The number of carboxylic acids is 1. The van der Waals surface area contributed by atoms with Gasteiger partial charge in [-0.2, -0.15) is 4.98 Å². The summed E-state index contributed by atoms with van der Waals surface area (Å²) < 4.78 is 5.29. The second-order valence-electron chi connectivity index (χ2n) is 6.01. The van der Waals surface area contributed by atoms with Gasteiger partial charge in [-0.15, -0.1) is 0 Å². The third kappa shape index (κ3) is 2.51. The summed E-state index contributed by atoms with van der Waals surface area (Å²) in [5.74, 6) is 0.364. The van der Waals surface area contributed by atoms with Crippen molar-refractivity contribution >= 4 is 11.9 Å². The van der Waals surface area contributed by atoms with Gasteiger partial charge in [-0.1, -0.05) is 19.3 Å². The number of carbonyl (C=O) groups is 1. The first-order chi connectivity index (χ1) is 9.70. The number of aromatic nitrogens is 2. The molecule has 0 aromatic carbocycles. The summed E-state index contributed by atoms with van der Waals surface area (Å²) in [6.45, 7) is 1.92. The number of hydrogen-bond acceptors (Lipinski definition) is 5. The molecular formula is C14H21N3O3. The minimum Gasteiger partial charge on any atom is -0.481 e. The summed E-state index contributed by atoms with van der Waals surface area (Å²) in [6.07, 6.45) is 7.17. The highest BCUT2D eigenvalue weighted by molar-refractivity contribution is 5.75. The van der Waals surface area contributed by atoms with Crippen molar-refractivity contribution in [3.8, 4) is 0 Å². The van der Waals surface area contributed by atoms with Crippen molar-refractivity contribution in [3.05, 3.63) is 5.89 Å². The maximum absolute atomic E-state index is 11.6. The zero-order valence-electron chi connectivity index (χ0n) is 11.7. The molecule has 3 rings (SSSR count). The predicted molar refractivity (Wildman–Crippen MR) is 72.6 cm³/mol. The van der Waals surface area contributed by atoms with Gasteiger partial charge in [0, 0.05) is 19.5 Å². The Morgan fingerprint density at radius 1 is 1.20 bits per heavy atom. The van der Waals surface area contributed by atoms with Crippen LogP contribution in [0.5, 0.6) is 0 Å². The molecule has 1 aliphatic heterocycles. The molecule has 0 radical (unpaired) electrons. The second-order valence-corrected chi connectivity index (χ2v) is 6.01. The number of anilines is 1. The molecule has 2 aliphatic rings. The van der Waals surface area contributed by atoms with Gasteiger partial charge >= 0.3 is 5.97 Å². The van der Waals surface area contributed by atoms with Crippen molar-refractivity contribution in [3.63, 3.8) is 0 Å². The average Bonchev–Trinajstić information content (AvgIpc) is 3.10. The van der Waals surface area contributed by atoms with Crippen LogP contribution in [0.3, 0.4) is 0 Å². The molecule has 1 aliphatic carbocycles. The fraction of sp³-hybridized carbons (Fsp3) is 0.786. The average molecular weight is 279 g/mol. The summed E-state index contributed by atoms with van der Waals surface area (Å²) in [4.78, 5) is 18.1. The molecule has 0 unspecified atom stereocenters. The molecule has 1 saturated carbocycles. The molecule has 1 aromatic rings. The topological polar surface area (TPSA) is 79.5 Å². The summed E-state index contributed by atoms with van der Waals surface area (Å²) >= 11 is 0. The third-order valence-corrected chi connectivity index (χ3v) is 4.60. The third-order valence-electron chi connectivity index (χ3n) is 4.60. The number of carboxylic acid groups (broad SMARTS) is 1. The van der Waals surface area contributed by atoms with Crippen LogP contribution in [-0.2, 0) is 11.2 Å². The summed E-state index contributed by atoms with van der Waals surface area (Å²) in [5.41, 5.74) is -0.701. The van der Waals surface area contributed by atoms with Gasteiger partial charge in [-0.3, -0.25) is 4.79 Å². The smallest absolute Gasteiger partial charge is 0.310 e. The monoisotopic (exact) mass is 279 g/mol. The van der Waals surface area contributed by atoms with E-state index in [1.807, 2.05) is 0 Å². The molecule has 0 amide bonds. The van der Waals surface area contributed by atoms with E-state index in [0.717, 1.165) is 45.2 Å². The van der Waals surface area contributed by atoms with E-state index >= 15 is 0 Å². The van der Waals surface area contributed by atoms with Crippen molar-refractivity contribution in [2.45, 2.75) is 51.4 Å². The molecule has 6 heteroatoms. The fourth-order valence-electron chi connectivity index (χ4n) is 3.35. The van der Waals surface area contributed by atoms with Crippen LogP contribution in [0.25, 0.3) is 0 Å². The van der Waals surface area contributed by atoms with E-state index in [2.05, 4.69) is 15.0 Å². The zero-order valence-corrected chi connectivity index (χ0v) is 11.7. The van der Waals surface area contributed by atoms with Crippen LogP contribution in [-0.4, -0.2) is 34.3 Å². The van der Waals surface area contributed by atoms with Crippen LogP contribution < -0.4 is 4.90 Å².